The molecule has 0 bridgehead atoms. The summed E-state index contributed by atoms with van der Waals surface area (Å²) in [5.74, 6) is -0.168. The molecule has 0 fully saturated rings. The molecule has 1 rings (SSSR count). The Morgan fingerprint density at radius 3 is 2.94 bits per heavy atom. The van der Waals surface area contributed by atoms with Crippen molar-refractivity contribution < 1.29 is 9.53 Å². The maximum atomic E-state index is 11.1. The van der Waals surface area contributed by atoms with Crippen LogP contribution in [-0.4, -0.2) is 19.1 Å². The van der Waals surface area contributed by atoms with Crippen LogP contribution in [0.15, 0.2) is 22.7 Å². The van der Waals surface area contributed by atoms with E-state index >= 15 is 0 Å². The zero-order valence-electron chi connectivity index (χ0n) is 9.55. The molecule has 0 aromatic heterocycles. The Labute approximate surface area is 104 Å². The lowest BCUT2D eigenvalue weighted by molar-refractivity contribution is -0.142. The third-order valence-corrected chi connectivity index (χ3v) is 2.76. The summed E-state index contributed by atoms with van der Waals surface area (Å²) >= 11 is 3.45. The van der Waals surface area contributed by atoms with Crippen LogP contribution < -0.4 is 5.32 Å². The molecule has 0 heterocycles. The van der Waals surface area contributed by atoms with Gasteiger partial charge in [-0.2, -0.15) is 0 Å². The Morgan fingerprint density at radius 2 is 2.25 bits per heavy atom. The Morgan fingerprint density at radius 1 is 1.50 bits per heavy atom. The largest absolute Gasteiger partial charge is 0.466 e. The Hall–Kier alpha value is -1.03. The van der Waals surface area contributed by atoms with Crippen LogP contribution in [-0.2, 0) is 9.53 Å². The molecule has 0 radical (unpaired) electrons. The third kappa shape index (κ3) is 4.23. The molecule has 0 saturated carbocycles. The quantitative estimate of drug-likeness (QED) is 0.845. The van der Waals surface area contributed by atoms with Crippen molar-refractivity contribution in [3.63, 3.8) is 0 Å². The van der Waals surface area contributed by atoms with Gasteiger partial charge in [0.1, 0.15) is 0 Å². The summed E-state index contributed by atoms with van der Waals surface area (Å²) in [6.45, 7) is 4.86. The van der Waals surface area contributed by atoms with Gasteiger partial charge < -0.3 is 10.1 Å². The van der Waals surface area contributed by atoms with Gasteiger partial charge in [-0.05, 0) is 47.5 Å². The number of aryl methyl sites for hydroxylation is 1. The van der Waals surface area contributed by atoms with Gasteiger partial charge in [0.05, 0.1) is 13.0 Å². The highest BCUT2D eigenvalue weighted by Gasteiger charge is 2.03. The third-order valence-electron chi connectivity index (χ3n) is 2.07. The Balaban J connectivity index is 2.42. The van der Waals surface area contributed by atoms with Crippen LogP contribution >= 0.6 is 15.9 Å². The number of nitrogens with one attached hydrogen (secondary N) is 1. The summed E-state index contributed by atoms with van der Waals surface area (Å²) < 4.78 is 5.84. The molecule has 0 aliphatic heterocycles. The molecule has 88 valence electrons. The van der Waals surface area contributed by atoms with Crippen molar-refractivity contribution in [1.29, 1.82) is 0 Å². The van der Waals surface area contributed by atoms with E-state index in [-0.39, 0.29) is 5.97 Å². The number of rotatable bonds is 5. The number of anilines is 1. The SMILES string of the molecule is CCOC(=O)CCNc1cc(C)ccc1Br. The molecule has 0 saturated heterocycles. The smallest absolute Gasteiger partial charge is 0.307 e. The fraction of sp³-hybridized carbons (Fsp3) is 0.417. The van der Waals surface area contributed by atoms with Crippen molar-refractivity contribution in [1.82, 2.24) is 0 Å². The molecule has 1 N–H and O–H groups in total. The van der Waals surface area contributed by atoms with E-state index in [1.54, 1.807) is 0 Å². The predicted molar refractivity (Wildman–Crippen MR) is 68.6 cm³/mol. The molecular formula is C12H16BrNO2. The summed E-state index contributed by atoms with van der Waals surface area (Å²) in [7, 11) is 0. The highest BCUT2D eigenvalue weighted by atomic mass is 79.9. The van der Waals surface area contributed by atoms with Gasteiger partial charge >= 0.3 is 5.97 Å². The number of hydrogen-bond acceptors (Lipinski definition) is 3. The molecule has 1 aromatic carbocycles. The highest BCUT2D eigenvalue weighted by molar-refractivity contribution is 9.10. The van der Waals surface area contributed by atoms with E-state index in [0.29, 0.717) is 19.6 Å². The number of benzene rings is 1. The van der Waals surface area contributed by atoms with Gasteiger partial charge in [0.25, 0.3) is 0 Å². The van der Waals surface area contributed by atoms with Gasteiger partial charge in [0.2, 0.25) is 0 Å². The first kappa shape index (κ1) is 13.0. The van der Waals surface area contributed by atoms with Crippen molar-refractivity contribution in [3.05, 3.63) is 28.2 Å². The van der Waals surface area contributed by atoms with Crippen molar-refractivity contribution in [2.45, 2.75) is 20.3 Å². The van der Waals surface area contributed by atoms with Crippen LogP contribution in [0.5, 0.6) is 0 Å². The maximum Gasteiger partial charge on any atom is 0.307 e. The van der Waals surface area contributed by atoms with Crippen molar-refractivity contribution >= 4 is 27.6 Å². The minimum absolute atomic E-state index is 0.168. The van der Waals surface area contributed by atoms with E-state index < -0.39 is 0 Å². The fourth-order valence-electron chi connectivity index (χ4n) is 1.31. The first-order valence-electron chi connectivity index (χ1n) is 5.29. The van der Waals surface area contributed by atoms with Crippen LogP contribution in [0.2, 0.25) is 0 Å². The second-order valence-electron chi connectivity index (χ2n) is 3.47. The van der Waals surface area contributed by atoms with Gasteiger partial charge in [0.15, 0.2) is 0 Å². The molecule has 0 unspecified atom stereocenters. The zero-order valence-corrected chi connectivity index (χ0v) is 11.1. The maximum absolute atomic E-state index is 11.1. The van der Waals surface area contributed by atoms with Gasteiger partial charge in [-0.1, -0.05) is 6.07 Å². The van der Waals surface area contributed by atoms with E-state index in [1.807, 2.05) is 32.0 Å². The molecule has 0 amide bonds. The fourth-order valence-corrected chi connectivity index (χ4v) is 1.69. The number of carbonyl (C=O) groups excluding carboxylic acids is 1. The average molecular weight is 286 g/mol. The van der Waals surface area contributed by atoms with Crippen molar-refractivity contribution in [3.8, 4) is 0 Å². The van der Waals surface area contributed by atoms with E-state index in [1.165, 1.54) is 5.56 Å². The molecule has 1 aromatic rings. The van der Waals surface area contributed by atoms with Gasteiger partial charge in [-0.15, -0.1) is 0 Å². The number of halogens is 1. The molecule has 4 heteroatoms. The van der Waals surface area contributed by atoms with Crippen molar-refractivity contribution in [2.75, 3.05) is 18.5 Å². The standard InChI is InChI=1S/C12H16BrNO2/c1-3-16-12(15)6-7-14-11-8-9(2)4-5-10(11)13/h4-5,8,14H,3,6-7H2,1-2H3. The van der Waals surface area contributed by atoms with Gasteiger partial charge in [-0.25, -0.2) is 0 Å². The molecule has 3 nitrogen and oxygen atoms in total. The first-order valence-corrected chi connectivity index (χ1v) is 6.08. The number of esters is 1. The van der Waals surface area contributed by atoms with E-state index in [2.05, 4.69) is 21.2 Å². The molecule has 16 heavy (non-hydrogen) atoms. The summed E-state index contributed by atoms with van der Waals surface area (Å²) in [5.41, 5.74) is 2.19. The van der Waals surface area contributed by atoms with Crippen LogP contribution in [0.4, 0.5) is 5.69 Å². The Kier molecular flexibility index (Phi) is 5.32. The lowest BCUT2D eigenvalue weighted by atomic mass is 10.2. The molecule has 0 aliphatic carbocycles. The zero-order chi connectivity index (χ0) is 12.0. The molecular weight excluding hydrogens is 270 g/mol. The minimum Gasteiger partial charge on any atom is -0.466 e. The summed E-state index contributed by atoms with van der Waals surface area (Å²) in [4.78, 5) is 11.1. The minimum atomic E-state index is -0.168. The highest BCUT2D eigenvalue weighted by Crippen LogP contribution is 2.23. The van der Waals surface area contributed by atoms with Gasteiger partial charge in [0, 0.05) is 16.7 Å². The molecule has 0 aliphatic rings. The topological polar surface area (TPSA) is 38.3 Å². The number of ether oxygens (including phenoxy) is 1. The second kappa shape index (κ2) is 6.53. The van der Waals surface area contributed by atoms with Crippen LogP contribution in [0.3, 0.4) is 0 Å². The normalized spacial score (nSPS) is 9.94. The monoisotopic (exact) mass is 285 g/mol. The summed E-state index contributed by atoms with van der Waals surface area (Å²) in [6, 6.07) is 6.05. The lowest BCUT2D eigenvalue weighted by Gasteiger charge is -2.09. The number of hydrogen-bond donors (Lipinski definition) is 1. The average Bonchev–Trinajstić information content (AvgIpc) is 2.23. The van der Waals surface area contributed by atoms with E-state index in [0.717, 1.165) is 10.2 Å². The van der Waals surface area contributed by atoms with Gasteiger partial charge in [-0.3, -0.25) is 4.79 Å². The van der Waals surface area contributed by atoms with Crippen LogP contribution in [0.1, 0.15) is 18.9 Å². The summed E-state index contributed by atoms with van der Waals surface area (Å²) in [5, 5.41) is 3.20. The lowest BCUT2D eigenvalue weighted by Crippen LogP contribution is -2.11. The molecule has 0 spiro atoms. The summed E-state index contributed by atoms with van der Waals surface area (Å²) in [6.07, 6.45) is 0.383. The van der Waals surface area contributed by atoms with E-state index in [4.69, 9.17) is 4.74 Å². The second-order valence-corrected chi connectivity index (χ2v) is 4.32. The molecule has 0 atom stereocenters. The Bertz CT molecular complexity index is 366. The van der Waals surface area contributed by atoms with Crippen LogP contribution in [0.25, 0.3) is 0 Å². The number of carbonyl (C=O) groups is 1. The van der Waals surface area contributed by atoms with E-state index in [9.17, 15) is 4.79 Å². The first-order chi connectivity index (χ1) is 7.63. The predicted octanol–water partition coefficient (Wildman–Crippen LogP) is 3.12. The van der Waals surface area contributed by atoms with Crippen LogP contribution in [0, 0.1) is 6.92 Å². The van der Waals surface area contributed by atoms with Crippen molar-refractivity contribution in [2.24, 2.45) is 0 Å².